The van der Waals surface area contributed by atoms with Crippen LogP contribution < -0.4 is 5.56 Å². The lowest BCUT2D eigenvalue weighted by Crippen LogP contribution is -2.26. The summed E-state index contributed by atoms with van der Waals surface area (Å²) in [6.07, 6.45) is -0.198. The highest BCUT2D eigenvalue weighted by Crippen LogP contribution is 2.32. The first-order chi connectivity index (χ1) is 10.9. The quantitative estimate of drug-likeness (QED) is 0.727. The minimum atomic E-state index is -4.61. The molecule has 1 aromatic carbocycles. The Hall–Kier alpha value is -2.70. The Morgan fingerprint density at radius 3 is 2.61 bits per heavy atom. The van der Waals surface area contributed by atoms with Crippen molar-refractivity contribution in [3.8, 4) is 0 Å². The largest absolute Gasteiger partial charge is 0.417 e. The van der Waals surface area contributed by atoms with E-state index in [4.69, 9.17) is 0 Å². The average Bonchev–Trinajstić information content (AvgIpc) is 2.54. The van der Waals surface area contributed by atoms with Gasteiger partial charge in [0.15, 0.2) is 0 Å². The van der Waals surface area contributed by atoms with E-state index in [0.29, 0.717) is 5.56 Å². The Morgan fingerprint density at radius 2 is 1.96 bits per heavy atom. The molecule has 118 valence electrons. The van der Waals surface area contributed by atoms with Crippen molar-refractivity contribution in [3.05, 3.63) is 70.5 Å². The summed E-state index contributed by atoms with van der Waals surface area (Å²) in [5.41, 5.74) is -0.959. The maximum Gasteiger partial charge on any atom is 0.417 e. The highest BCUT2D eigenvalue weighted by molar-refractivity contribution is 5.81. The van der Waals surface area contributed by atoms with Crippen LogP contribution in [0.25, 0.3) is 10.9 Å². The molecule has 0 aliphatic carbocycles. The van der Waals surface area contributed by atoms with E-state index in [1.54, 1.807) is 31.5 Å². The first-order valence-corrected chi connectivity index (χ1v) is 6.86. The van der Waals surface area contributed by atoms with Crippen molar-refractivity contribution < 1.29 is 13.2 Å². The summed E-state index contributed by atoms with van der Waals surface area (Å²) in [6.45, 7) is 1.71. The van der Waals surface area contributed by atoms with Gasteiger partial charge >= 0.3 is 6.18 Å². The lowest BCUT2D eigenvalue weighted by molar-refractivity contribution is -0.136. The third-order valence-corrected chi connectivity index (χ3v) is 3.70. The summed E-state index contributed by atoms with van der Waals surface area (Å²) < 4.78 is 40.7. The molecule has 7 heteroatoms. The van der Waals surface area contributed by atoms with Gasteiger partial charge in [0.2, 0.25) is 0 Å². The van der Waals surface area contributed by atoms with Gasteiger partial charge in [0, 0.05) is 12.4 Å². The zero-order valence-corrected chi connectivity index (χ0v) is 12.1. The number of fused-ring (bicyclic) bond motifs is 1. The molecule has 3 aromatic rings. The second kappa shape index (κ2) is 5.49. The molecule has 23 heavy (non-hydrogen) atoms. The van der Waals surface area contributed by atoms with Crippen LogP contribution in [0.1, 0.15) is 24.1 Å². The second-order valence-electron chi connectivity index (χ2n) is 5.12. The van der Waals surface area contributed by atoms with Crippen LogP contribution in [0, 0.1) is 0 Å². The summed E-state index contributed by atoms with van der Waals surface area (Å²) in [7, 11) is 0. The smallest absolute Gasteiger partial charge is 0.291 e. The topological polar surface area (TPSA) is 47.8 Å². The molecule has 0 unspecified atom stereocenters. The van der Waals surface area contributed by atoms with E-state index >= 15 is 0 Å². The number of alkyl halides is 3. The van der Waals surface area contributed by atoms with E-state index in [9.17, 15) is 18.0 Å². The molecule has 3 rings (SSSR count). The minimum absolute atomic E-state index is 0.0273. The fraction of sp³-hybridized carbons (Fsp3) is 0.188. The van der Waals surface area contributed by atoms with Crippen LogP contribution >= 0.6 is 0 Å². The molecule has 4 nitrogen and oxygen atoms in total. The monoisotopic (exact) mass is 319 g/mol. The fourth-order valence-corrected chi connectivity index (χ4v) is 2.47. The Balaban J connectivity index is 2.25. The molecule has 2 heterocycles. The van der Waals surface area contributed by atoms with Gasteiger partial charge in [0.25, 0.3) is 5.56 Å². The van der Waals surface area contributed by atoms with E-state index in [0.717, 1.165) is 6.07 Å². The number of halogens is 3. The van der Waals surface area contributed by atoms with Crippen molar-refractivity contribution in [2.24, 2.45) is 0 Å². The molecule has 0 bridgehead atoms. The van der Waals surface area contributed by atoms with Gasteiger partial charge in [0.05, 0.1) is 28.8 Å². The Morgan fingerprint density at radius 1 is 1.17 bits per heavy atom. The summed E-state index contributed by atoms with van der Waals surface area (Å²) in [4.78, 5) is 20.6. The molecule has 0 saturated carbocycles. The molecular formula is C16H12F3N3O. The van der Waals surface area contributed by atoms with Crippen LogP contribution in [-0.2, 0) is 6.18 Å². The number of pyridine rings is 1. The molecule has 0 spiro atoms. The second-order valence-corrected chi connectivity index (χ2v) is 5.12. The third-order valence-electron chi connectivity index (χ3n) is 3.70. The van der Waals surface area contributed by atoms with Gasteiger partial charge in [-0.05, 0) is 30.7 Å². The summed E-state index contributed by atoms with van der Waals surface area (Å²) in [5.74, 6) is 0. The van der Waals surface area contributed by atoms with Gasteiger partial charge in [-0.25, -0.2) is 4.98 Å². The van der Waals surface area contributed by atoms with E-state index in [2.05, 4.69) is 9.97 Å². The molecule has 0 N–H and O–H groups in total. The van der Waals surface area contributed by atoms with Gasteiger partial charge in [0.1, 0.15) is 0 Å². The predicted molar refractivity (Wildman–Crippen MR) is 79.1 cm³/mol. The molecular weight excluding hydrogens is 307 g/mol. The third kappa shape index (κ3) is 2.69. The van der Waals surface area contributed by atoms with E-state index in [-0.39, 0.29) is 5.52 Å². The van der Waals surface area contributed by atoms with Crippen LogP contribution in [0.3, 0.4) is 0 Å². The number of benzene rings is 1. The Kier molecular flexibility index (Phi) is 3.63. The van der Waals surface area contributed by atoms with Crippen LogP contribution in [0.2, 0.25) is 0 Å². The normalized spacial score (nSPS) is 13.2. The Bertz CT molecular complexity index is 904. The maximum absolute atomic E-state index is 13.2. The van der Waals surface area contributed by atoms with E-state index in [1.165, 1.54) is 23.0 Å². The van der Waals surface area contributed by atoms with Crippen LogP contribution in [0.4, 0.5) is 13.2 Å². The maximum atomic E-state index is 13.2. The van der Waals surface area contributed by atoms with Crippen LogP contribution in [0.15, 0.2) is 53.8 Å². The zero-order valence-electron chi connectivity index (χ0n) is 12.1. The number of aromatic nitrogens is 3. The summed E-state index contributed by atoms with van der Waals surface area (Å²) in [5, 5.41) is -0.418. The first-order valence-electron chi connectivity index (χ1n) is 6.86. The highest BCUT2D eigenvalue weighted by Gasteiger charge is 2.34. The van der Waals surface area contributed by atoms with Crippen molar-refractivity contribution in [2.75, 3.05) is 0 Å². The number of hydrogen-bond acceptors (Lipinski definition) is 3. The highest BCUT2D eigenvalue weighted by atomic mass is 19.4. The first kappa shape index (κ1) is 15.2. The standard InChI is InChI=1S/C16H12F3N3O/c1-10(11-4-3-7-20-8-11)22-9-21-13-6-2-5-12(16(17,18)19)14(13)15(22)23/h2-10H,1H3/t10-/m1/s1. The predicted octanol–water partition coefficient (Wildman–Crippen LogP) is 3.42. The van der Waals surface area contributed by atoms with Crippen molar-refractivity contribution >= 4 is 10.9 Å². The molecule has 0 aliphatic heterocycles. The number of rotatable bonds is 2. The van der Waals surface area contributed by atoms with Crippen molar-refractivity contribution in [1.82, 2.24) is 14.5 Å². The lowest BCUT2D eigenvalue weighted by atomic mass is 10.1. The fourth-order valence-electron chi connectivity index (χ4n) is 2.47. The Labute approximate surface area is 129 Å². The minimum Gasteiger partial charge on any atom is -0.291 e. The molecule has 0 amide bonds. The van der Waals surface area contributed by atoms with Crippen molar-refractivity contribution in [1.29, 1.82) is 0 Å². The molecule has 2 aromatic heterocycles. The van der Waals surface area contributed by atoms with Gasteiger partial charge in [-0.2, -0.15) is 13.2 Å². The summed E-state index contributed by atoms with van der Waals surface area (Å²) in [6, 6.07) is 6.51. The van der Waals surface area contributed by atoms with E-state index < -0.39 is 28.7 Å². The van der Waals surface area contributed by atoms with Gasteiger partial charge in [-0.1, -0.05) is 12.1 Å². The number of nitrogens with zero attached hydrogens (tertiary/aromatic N) is 3. The lowest BCUT2D eigenvalue weighted by Gasteiger charge is -2.16. The van der Waals surface area contributed by atoms with Gasteiger partial charge in [-0.3, -0.25) is 14.3 Å². The zero-order chi connectivity index (χ0) is 16.6. The van der Waals surface area contributed by atoms with Gasteiger partial charge < -0.3 is 0 Å². The summed E-state index contributed by atoms with van der Waals surface area (Å²) >= 11 is 0. The van der Waals surface area contributed by atoms with E-state index in [1.807, 2.05) is 0 Å². The molecule has 0 saturated heterocycles. The van der Waals surface area contributed by atoms with Gasteiger partial charge in [-0.15, -0.1) is 0 Å². The number of hydrogen-bond donors (Lipinski definition) is 0. The molecule has 0 radical (unpaired) electrons. The van der Waals surface area contributed by atoms with Crippen LogP contribution in [0.5, 0.6) is 0 Å². The molecule has 0 fully saturated rings. The van der Waals surface area contributed by atoms with Crippen LogP contribution in [-0.4, -0.2) is 14.5 Å². The average molecular weight is 319 g/mol. The molecule has 0 aliphatic rings. The molecule has 1 atom stereocenters. The van der Waals surface area contributed by atoms with Crippen molar-refractivity contribution in [2.45, 2.75) is 19.1 Å². The SMILES string of the molecule is C[C@H](c1cccnc1)n1cnc2cccc(C(F)(F)F)c2c1=O. The van der Waals surface area contributed by atoms with Crippen molar-refractivity contribution in [3.63, 3.8) is 0 Å².